The molecule has 1 unspecified atom stereocenters. The van der Waals surface area contributed by atoms with Crippen LogP contribution in [-0.4, -0.2) is 25.0 Å². The highest BCUT2D eigenvalue weighted by Gasteiger charge is 2.22. The maximum Gasteiger partial charge on any atom is 0.328 e. The minimum atomic E-state index is -0.533. The molecule has 0 aliphatic heterocycles. The Balaban J connectivity index is 2.35. The molecule has 1 atom stereocenters. The summed E-state index contributed by atoms with van der Waals surface area (Å²) in [5.74, 6) is -0.131. The number of esters is 1. The van der Waals surface area contributed by atoms with Crippen molar-refractivity contribution in [3.63, 3.8) is 0 Å². The Labute approximate surface area is 124 Å². The standard InChI is InChI=1S/C15H23NO3S/c1-11(2)10-13(15(18)19-3)16-14(17)8-4-6-12-7-5-9-20-12/h5,7,9,11,13H,4,6,8,10H2,1-3H3,(H,16,17). The molecular formula is C15H23NO3S. The van der Waals surface area contributed by atoms with Crippen LogP contribution in [0.4, 0.5) is 0 Å². The van der Waals surface area contributed by atoms with Gasteiger partial charge in [0.05, 0.1) is 7.11 Å². The molecule has 0 radical (unpaired) electrons. The summed E-state index contributed by atoms with van der Waals surface area (Å²) in [7, 11) is 1.35. The Morgan fingerprint density at radius 3 is 2.70 bits per heavy atom. The molecule has 0 saturated carbocycles. The monoisotopic (exact) mass is 297 g/mol. The van der Waals surface area contributed by atoms with E-state index < -0.39 is 6.04 Å². The van der Waals surface area contributed by atoms with Crippen LogP contribution in [0.5, 0.6) is 0 Å². The Bertz CT molecular complexity index is 415. The Morgan fingerprint density at radius 2 is 2.15 bits per heavy atom. The second kappa shape index (κ2) is 8.74. The zero-order valence-electron chi connectivity index (χ0n) is 12.3. The third kappa shape index (κ3) is 6.19. The van der Waals surface area contributed by atoms with E-state index in [1.165, 1.54) is 12.0 Å². The number of aryl methyl sites for hydroxylation is 1. The van der Waals surface area contributed by atoms with Crippen molar-refractivity contribution in [2.24, 2.45) is 5.92 Å². The van der Waals surface area contributed by atoms with E-state index in [1.807, 2.05) is 25.3 Å². The van der Waals surface area contributed by atoms with Gasteiger partial charge in [0, 0.05) is 11.3 Å². The third-order valence-corrected chi connectivity index (χ3v) is 3.87. The zero-order valence-corrected chi connectivity index (χ0v) is 13.2. The van der Waals surface area contributed by atoms with Crippen molar-refractivity contribution in [3.05, 3.63) is 22.4 Å². The lowest BCUT2D eigenvalue weighted by Gasteiger charge is -2.18. The smallest absolute Gasteiger partial charge is 0.328 e. The quantitative estimate of drug-likeness (QED) is 0.751. The fourth-order valence-corrected chi connectivity index (χ4v) is 2.72. The number of ether oxygens (including phenoxy) is 1. The number of hydrogen-bond donors (Lipinski definition) is 1. The van der Waals surface area contributed by atoms with Crippen LogP contribution in [0.15, 0.2) is 17.5 Å². The Hall–Kier alpha value is -1.36. The highest BCUT2D eigenvalue weighted by atomic mass is 32.1. The first kappa shape index (κ1) is 16.7. The molecule has 0 fully saturated rings. The van der Waals surface area contributed by atoms with E-state index >= 15 is 0 Å². The summed E-state index contributed by atoms with van der Waals surface area (Å²) in [6.07, 6.45) is 2.73. The van der Waals surface area contributed by atoms with Crippen LogP contribution < -0.4 is 5.32 Å². The molecule has 4 nitrogen and oxygen atoms in total. The molecule has 0 saturated heterocycles. The molecule has 0 aliphatic rings. The van der Waals surface area contributed by atoms with Gasteiger partial charge >= 0.3 is 5.97 Å². The van der Waals surface area contributed by atoms with Crippen LogP contribution in [0.25, 0.3) is 0 Å². The minimum Gasteiger partial charge on any atom is -0.467 e. The maximum absolute atomic E-state index is 11.9. The molecule has 1 aromatic rings. The Kier molecular flexibility index (Phi) is 7.30. The van der Waals surface area contributed by atoms with Crippen molar-refractivity contribution in [1.82, 2.24) is 5.32 Å². The van der Waals surface area contributed by atoms with Crippen LogP contribution in [-0.2, 0) is 20.7 Å². The van der Waals surface area contributed by atoms with Crippen LogP contribution in [0.1, 0.15) is 38.0 Å². The number of nitrogens with one attached hydrogen (secondary N) is 1. The molecule has 0 aromatic carbocycles. The number of carbonyl (C=O) groups is 2. The average molecular weight is 297 g/mol. The molecule has 0 aliphatic carbocycles. The first-order chi connectivity index (χ1) is 9.52. The van der Waals surface area contributed by atoms with Gasteiger partial charge in [-0.3, -0.25) is 4.79 Å². The topological polar surface area (TPSA) is 55.4 Å². The highest BCUT2D eigenvalue weighted by molar-refractivity contribution is 7.09. The van der Waals surface area contributed by atoms with Gasteiger partial charge in [-0.1, -0.05) is 19.9 Å². The van der Waals surface area contributed by atoms with Gasteiger partial charge in [0.2, 0.25) is 5.91 Å². The SMILES string of the molecule is COC(=O)C(CC(C)C)NC(=O)CCCc1cccs1. The normalized spacial score (nSPS) is 12.2. The summed E-state index contributed by atoms with van der Waals surface area (Å²) in [5, 5.41) is 4.80. The minimum absolute atomic E-state index is 0.0855. The highest BCUT2D eigenvalue weighted by Crippen LogP contribution is 2.12. The fraction of sp³-hybridized carbons (Fsp3) is 0.600. The van der Waals surface area contributed by atoms with E-state index in [0.29, 0.717) is 18.8 Å². The molecule has 1 amide bonds. The summed E-state index contributed by atoms with van der Waals surface area (Å²) >= 11 is 1.70. The van der Waals surface area contributed by atoms with Crippen molar-refractivity contribution in [1.29, 1.82) is 0 Å². The van der Waals surface area contributed by atoms with Gasteiger partial charge in [0.1, 0.15) is 6.04 Å². The van der Waals surface area contributed by atoms with E-state index in [2.05, 4.69) is 11.4 Å². The van der Waals surface area contributed by atoms with Gasteiger partial charge < -0.3 is 10.1 Å². The second-order valence-corrected chi connectivity index (χ2v) is 6.24. The largest absolute Gasteiger partial charge is 0.467 e. The molecule has 1 aromatic heterocycles. The summed E-state index contributed by atoms with van der Waals surface area (Å²) in [6.45, 7) is 4.03. The van der Waals surface area contributed by atoms with Gasteiger partial charge in [0.25, 0.3) is 0 Å². The predicted octanol–water partition coefficient (Wildman–Crippen LogP) is 2.77. The van der Waals surface area contributed by atoms with Crippen molar-refractivity contribution >= 4 is 23.2 Å². The van der Waals surface area contributed by atoms with Gasteiger partial charge in [0.15, 0.2) is 0 Å². The predicted molar refractivity (Wildman–Crippen MR) is 80.7 cm³/mol. The number of carbonyl (C=O) groups excluding carboxylic acids is 2. The summed E-state index contributed by atoms with van der Waals surface area (Å²) < 4.78 is 4.73. The summed E-state index contributed by atoms with van der Waals surface area (Å²) in [5.41, 5.74) is 0. The molecule has 1 N–H and O–H groups in total. The van der Waals surface area contributed by atoms with E-state index in [0.717, 1.165) is 12.8 Å². The molecule has 1 rings (SSSR count). The molecule has 112 valence electrons. The van der Waals surface area contributed by atoms with E-state index in [4.69, 9.17) is 4.74 Å². The van der Waals surface area contributed by atoms with Crippen molar-refractivity contribution in [2.75, 3.05) is 7.11 Å². The number of amides is 1. The lowest BCUT2D eigenvalue weighted by molar-refractivity contribution is -0.145. The van der Waals surface area contributed by atoms with Crippen LogP contribution in [0.2, 0.25) is 0 Å². The van der Waals surface area contributed by atoms with Gasteiger partial charge in [-0.2, -0.15) is 0 Å². The number of rotatable bonds is 8. The molecule has 0 bridgehead atoms. The van der Waals surface area contributed by atoms with Crippen molar-refractivity contribution in [3.8, 4) is 0 Å². The lowest BCUT2D eigenvalue weighted by Crippen LogP contribution is -2.42. The zero-order chi connectivity index (χ0) is 15.0. The average Bonchev–Trinajstić information content (AvgIpc) is 2.89. The molecule has 1 heterocycles. The van der Waals surface area contributed by atoms with Crippen LogP contribution >= 0.6 is 11.3 Å². The van der Waals surface area contributed by atoms with Crippen LogP contribution in [0.3, 0.4) is 0 Å². The maximum atomic E-state index is 11.9. The van der Waals surface area contributed by atoms with E-state index in [1.54, 1.807) is 11.3 Å². The summed E-state index contributed by atoms with van der Waals surface area (Å²) in [4.78, 5) is 24.8. The second-order valence-electron chi connectivity index (χ2n) is 5.21. The summed E-state index contributed by atoms with van der Waals surface area (Å²) in [6, 6.07) is 3.54. The molecular weight excluding hydrogens is 274 g/mol. The number of hydrogen-bond acceptors (Lipinski definition) is 4. The van der Waals surface area contributed by atoms with Gasteiger partial charge in [-0.15, -0.1) is 11.3 Å². The lowest BCUT2D eigenvalue weighted by atomic mass is 10.0. The molecule has 0 spiro atoms. The van der Waals surface area contributed by atoms with Crippen LogP contribution in [0, 0.1) is 5.92 Å². The first-order valence-electron chi connectivity index (χ1n) is 6.92. The third-order valence-electron chi connectivity index (χ3n) is 2.94. The molecule has 20 heavy (non-hydrogen) atoms. The van der Waals surface area contributed by atoms with Gasteiger partial charge in [-0.25, -0.2) is 4.79 Å². The van der Waals surface area contributed by atoms with E-state index in [-0.39, 0.29) is 11.9 Å². The first-order valence-corrected chi connectivity index (χ1v) is 7.80. The fourth-order valence-electron chi connectivity index (χ4n) is 1.97. The molecule has 5 heteroatoms. The van der Waals surface area contributed by atoms with Crippen molar-refractivity contribution in [2.45, 2.75) is 45.6 Å². The van der Waals surface area contributed by atoms with Crippen molar-refractivity contribution < 1.29 is 14.3 Å². The Morgan fingerprint density at radius 1 is 1.40 bits per heavy atom. The number of methoxy groups -OCH3 is 1. The van der Waals surface area contributed by atoms with E-state index in [9.17, 15) is 9.59 Å². The van der Waals surface area contributed by atoms with Gasteiger partial charge in [-0.05, 0) is 36.6 Å². The number of thiophene rings is 1.